The van der Waals surface area contributed by atoms with E-state index >= 15 is 0 Å². The average Bonchev–Trinajstić information content (AvgIpc) is 2.65. The maximum absolute atomic E-state index is 8.72. The first kappa shape index (κ1) is 10.8. The van der Waals surface area contributed by atoms with Gasteiger partial charge in [-0.05, 0) is 19.3 Å². The summed E-state index contributed by atoms with van der Waals surface area (Å²) in [5, 5.41) is 11.6. The Bertz CT molecular complexity index is 521. The van der Waals surface area contributed by atoms with Gasteiger partial charge in [0, 0.05) is 29.2 Å². The van der Waals surface area contributed by atoms with E-state index in [4.69, 9.17) is 15.7 Å². The highest BCUT2D eigenvalue weighted by Gasteiger charge is 2.67. The van der Waals surface area contributed by atoms with Crippen LogP contribution in [0.15, 0.2) is 5.38 Å². The van der Waals surface area contributed by atoms with Crippen molar-refractivity contribution >= 4 is 11.3 Å². The molecule has 1 aromatic heterocycles. The van der Waals surface area contributed by atoms with Gasteiger partial charge in [0.2, 0.25) is 0 Å². The molecule has 4 aliphatic rings. The van der Waals surface area contributed by atoms with Crippen LogP contribution >= 0.6 is 11.3 Å². The average molecular weight is 261 g/mol. The van der Waals surface area contributed by atoms with Gasteiger partial charge in [-0.2, -0.15) is 5.26 Å². The molecule has 4 fully saturated rings. The monoisotopic (exact) mass is 261 g/mol. The molecular formula is C13H15N3OS. The summed E-state index contributed by atoms with van der Waals surface area (Å²) in [6.07, 6.45) is 5.16. The van der Waals surface area contributed by atoms with Gasteiger partial charge in [0.15, 0.2) is 0 Å². The maximum atomic E-state index is 8.72. The van der Waals surface area contributed by atoms with E-state index in [0.29, 0.717) is 0 Å². The minimum atomic E-state index is 0.124. The zero-order valence-electron chi connectivity index (χ0n) is 10.1. The van der Waals surface area contributed by atoms with Crippen molar-refractivity contribution in [1.29, 1.82) is 5.26 Å². The Kier molecular flexibility index (Phi) is 1.95. The van der Waals surface area contributed by atoms with Crippen molar-refractivity contribution in [3.05, 3.63) is 11.1 Å². The highest BCUT2D eigenvalue weighted by atomic mass is 32.1. The molecule has 0 aliphatic heterocycles. The second-order valence-electron chi connectivity index (χ2n) is 6.21. The number of hydrogen-bond donors (Lipinski definition) is 1. The summed E-state index contributed by atoms with van der Waals surface area (Å²) in [6.45, 7) is 0. The highest BCUT2D eigenvalue weighted by Crippen LogP contribution is 2.66. The van der Waals surface area contributed by atoms with Gasteiger partial charge in [-0.15, -0.1) is 0 Å². The standard InChI is InChI=1S/C13H15N3OS/c14-3-8-1-9(2-8)17-11-16-10(4-18-11)12-5-13(15,6-12)7-12/h4,8-9H,1-2,5-7,15H2/t8-,9+,12?,13?. The van der Waals surface area contributed by atoms with Gasteiger partial charge in [0.25, 0.3) is 5.19 Å². The summed E-state index contributed by atoms with van der Waals surface area (Å²) in [6, 6.07) is 2.26. The van der Waals surface area contributed by atoms with Crippen LogP contribution in [0.2, 0.25) is 0 Å². The summed E-state index contributed by atoms with van der Waals surface area (Å²) < 4.78 is 5.79. The van der Waals surface area contributed by atoms with Gasteiger partial charge in [0.1, 0.15) is 6.10 Å². The van der Waals surface area contributed by atoms with Gasteiger partial charge in [-0.1, -0.05) is 11.3 Å². The Balaban J connectivity index is 1.40. The van der Waals surface area contributed by atoms with Crippen molar-refractivity contribution < 1.29 is 4.74 Å². The molecule has 0 radical (unpaired) electrons. The molecule has 5 heteroatoms. The van der Waals surface area contributed by atoms with Crippen molar-refractivity contribution in [2.75, 3.05) is 0 Å². The summed E-state index contributed by atoms with van der Waals surface area (Å²) in [5.74, 6) is 0.184. The zero-order chi connectivity index (χ0) is 12.4. The van der Waals surface area contributed by atoms with Crippen LogP contribution < -0.4 is 10.5 Å². The van der Waals surface area contributed by atoms with Gasteiger partial charge in [-0.25, -0.2) is 4.98 Å². The Morgan fingerprint density at radius 3 is 2.78 bits per heavy atom. The Labute approximate surface area is 110 Å². The number of nitrogens with zero attached hydrogens (tertiary/aromatic N) is 2. The van der Waals surface area contributed by atoms with E-state index in [-0.39, 0.29) is 23.0 Å². The van der Waals surface area contributed by atoms with E-state index in [9.17, 15) is 0 Å². The number of ether oxygens (including phenoxy) is 1. The number of rotatable bonds is 3. The lowest BCUT2D eigenvalue weighted by Gasteiger charge is -2.68. The van der Waals surface area contributed by atoms with Crippen LogP contribution in [0, 0.1) is 17.2 Å². The SMILES string of the molecule is N#C[C@H]1C[C@@H](Oc2nc(C34CC(N)(C3)C4)cs2)C1. The van der Waals surface area contributed by atoms with Crippen LogP contribution in [0.3, 0.4) is 0 Å². The molecule has 94 valence electrons. The molecule has 1 heterocycles. The smallest absolute Gasteiger partial charge is 0.273 e. The normalized spacial score (nSPS) is 44.2. The number of thiazole rings is 1. The minimum absolute atomic E-state index is 0.124. The Hall–Kier alpha value is -1.12. The summed E-state index contributed by atoms with van der Waals surface area (Å²) in [7, 11) is 0. The van der Waals surface area contributed by atoms with Crippen LogP contribution in [0.4, 0.5) is 0 Å². The van der Waals surface area contributed by atoms with E-state index in [1.165, 1.54) is 5.69 Å². The molecule has 5 rings (SSSR count). The molecule has 0 amide bonds. The molecule has 2 N–H and O–H groups in total. The largest absolute Gasteiger partial charge is 0.467 e. The van der Waals surface area contributed by atoms with Crippen LogP contribution in [-0.2, 0) is 5.41 Å². The highest BCUT2D eigenvalue weighted by molar-refractivity contribution is 7.11. The molecule has 4 saturated carbocycles. The van der Waals surface area contributed by atoms with Crippen molar-refractivity contribution in [1.82, 2.24) is 4.98 Å². The minimum Gasteiger partial charge on any atom is -0.467 e. The lowest BCUT2D eigenvalue weighted by molar-refractivity contribution is -0.0620. The second kappa shape index (κ2) is 3.25. The van der Waals surface area contributed by atoms with E-state index in [2.05, 4.69) is 16.4 Å². The molecule has 0 aromatic carbocycles. The summed E-state index contributed by atoms with van der Waals surface area (Å²) in [4.78, 5) is 4.60. The number of nitrogens with two attached hydrogens (primary N) is 1. The summed E-state index contributed by atoms with van der Waals surface area (Å²) >= 11 is 1.58. The van der Waals surface area contributed by atoms with Crippen molar-refractivity contribution in [2.24, 2.45) is 11.7 Å². The van der Waals surface area contributed by atoms with E-state index in [1.807, 2.05) is 0 Å². The first-order valence-corrected chi connectivity index (χ1v) is 7.30. The van der Waals surface area contributed by atoms with Crippen LogP contribution in [0.1, 0.15) is 37.8 Å². The van der Waals surface area contributed by atoms with Gasteiger partial charge in [0.05, 0.1) is 17.7 Å². The quantitative estimate of drug-likeness (QED) is 0.902. The fraction of sp³-hybridized carbons (Fsp3) is 0.692. The molecule has 18 heavy (non-hydrogen) atoms. The fourth-order valence-electron chi connectivity index (χ4n) is 3.60. The lowest BCUT2D eigenvalue weighted by atomic mass is 9.39. The van der Waals surface area contributed by atoms with Crippen LogP contribution in [-0.4, -0.2) is 16.6 Å². The molecule has 2 bridgehead atoms. The lowest BCUT2D eigenvalue weighted by Crippen LogP contribution is -2.74. The number of aromatic nitrogens is 1. The third kappa shape index (κ3) is 1.36. The molecule has 4 aliphatic carbocycles. The van der Waals surface area contributed by atoms with E-state index < -0.39 is 0 Å². The van der Waals surface area contributed by atoms with Gasteiger partial charge < -0.3 is 10.5 Å². The molecule has 0 atom stereocenters. The Morgan fingerprint density at radius 2 is 2.17 bits per heavy atom. The first-order valence-electron chi connectivity index (χ1n) is 6.42. The van der Waals surface area contributed by atoms with Crippen molar-refractivity contribution in [2.45, 2.75) is 49.2 Å². The van der Waals surface area contributed by atoms with Gasteiger partial charge >= 0.3 is 0 Å². The van der Waals surface area contributed by atoms with Crippen molar-refractivity contribution in [3.63, 3.8) is 0 Å². The predicted molar refractivity (Wildman–Crippen MR) is 67.3 cm³/mol. The first-order chi connectivity index (χ1) is 8.61. The number of hydrogen-bond acceptors (Lipinski definition) is 5. The molecule has 0 spiro atoms. The zero-order valence-corrected chi connectivity index (χ0v) is 10.9. The topological polar surface area (TPSA) is 71.9 Å². The van der Waals surface area contributed by atoms with Crippen molar-refractivity contribution in [3.8, 4) is 11.3 Å². The molecular weight excluding hydrogens is 246 g/mol. The molecule has 0 unspecified atom stereocenters. The molecule has 1 aromatic rings. The molecule has 4 nitrogen and oxygen atoms in total. The van der Waals surface area contributed by atoms with Crippen LogP contribution in [0.5, 0.6) is 5.19 Å². The summed E-state index contributed by atoms with van der Waals surface area (Å²) in [5.41, 5.74) is 7.65. The van der Waals surface area contributed by atoms with E-state index in [1.54, 1.807) is 11.3 Å². The maximum Gasteiger partial charge on any atom is 0.273 e. The van der Waals surface area contributed by atoms with Crippen LogP contribution in [0.25, 0.3) is 0 Å². The Morgan fingerprint density at radius 1 is 1.44 bits per heavy atom. The third-order valence-electron chi connectivity index (χ3n) is 4.64. The fourth-order valence-corrected chi connectivity index (χ4v) is 4.46. The van der Waals surface area contributed by atoms with Gasteiger partial charge in [-0.3, -0.25) is 0 Å². The second-order valence-corrected chi connectivity index (χ2v) is 7.03. The van der Waals surface area contributed by atoms with E-state index in [0.717, 1.165) is 37.3 Å². The number of nitriles is 1. The third-order valence-corrected chi connectivity index (χ3v) is 5.37. The molecule has 0 saturated heterocycles. The predicted octanol–water partition coefficient (Wildman–Crippen LogP) is 1.96.